The normalized spacial score (nSPS) is 14.2. The summed E-state index contributed by atoms with van der Waals surface area (Å²) in [6.07, 6.45) is 6.75. The van der Waals surface area contributed by atoms with Crippen molar-refractivity contribution in [2.75, 3.05) is 29.3 Å². The van der Waals surface area contributed by atoms with E-state index in [-0.39, 0.29) is 23.6 Å². The van der Waals surface area contributed by atoms with E-state index >= 15 is 0 Å². The predicted molar refractivity (Wildman–Crippen MR) is 144 cm³/mol. The van der Waals surface area contributed by atoms with Crippen LogP contribution in [0.5, 0.6) is 11.5 Å². The number of carbonyl (C=O) groups is 1. The average molecular weight is 524 g/mol. The van der Waals surface area contributed by atoms with Gasteiger partial charge >= 0.3 is 5.97 Å². The quantitative estimate of drug-likeness (QED) is 0.278. The molecular weight excluding hydrogens is 490 g/mol. The number of benzene rings is 2. The number of hydrogen-bond acceptors (Lipinski definition) is 7. The predicted octanol–water partition coefficient (Wildman–Crippen LogP) is 5.02. The number of para-hydroxylation sites is 1. The molecule has 1 fully saturated rings. The number of nitrogens with zero attached hydrogens (tertiary/aromatic N) is 2. The third kappa shape index (κ3) is 7.69. The van der Waals surface area contributed by atoms with E-state index in [0.29, 0.717) is 23.8 Å². The molecule has 196 valence electrons. The number of rotatable bonds is 11. The minimum Gasteiger partial charge on any atom is -0.490 e. The van der Waals surface area contributed by atoms with Crippen molar-refractivity contribution in [2.45, 2.75) is 38.4 Å². The van der Waals surface area contributed by atoms with Crippen LogP contribution in [0.2, 0.25) is 0 Å². The average Bonchev–Trinajstić information content (AvgIpc) is 2.91. The van der Waals surface area contributed by atoms with Gasteiger partial charge in [0, 0.05) is 37.6 Å². The van der Waals surface area contributed by atoms with Gasteiger partial charge in [-0.15, -0.1) is 0 Å². The molecule has 1 saturated heterocycles. The molecule has 4 rings (SSSR count). The number of hydrogen-bond donors (Lipinski definition) is 1. The molecule has 0 spiro atoms. The molecule has 2 aromatic carbocycles. The van der Waals surface area contributed by atoms with Crippen LogP contribution >= 0.6 is 0 Å². The lowest BCUT2D eigenvalue weighted by Gasteiger charge is -2.33. The Morgan fingerprint density at radius 1 is 1.03 bits per heavy atom. The number of sulfonamides is 1. The van der Waals surface area contributed by atoms with E-state index in [1.807, 2.05) is 30.6 Å². The Hall–Kier alpha value is -3.59. The van der Waals surface area contributed by atoms with Crippen molar-refractivity contribution in [2.24, 2.45) is 5.92 Å². The van der Waals surface area contributed by atoms with Crippen LogP contribution in [0.4, 0.5) is 11.4 Å². The molecule has 2 heterocycles. The van der Waals surface area contributed by atoms with Crippen LogP contribution in [-0.4, -0.2) is 39.1 Å². The van der Waals surface area contributed by atoms with E-state index in [0.717, 1.165) is 32.4 Å². The molecule has 0 aliphatic carbocycles. The highest BCUT2D eigenvalue weighted by Gasteiger charge is 2.22. The largest absolute Gasteiger partial charge is 0.490 e. The zero-order chi connectivity index (χ0) is 26.1. The van der Waals surface area contributed by atoms with Gasteiger partial charge in [0.15, 0.2) is 11.5 Å². The molecule has 1 aliphatic rings. The molecule has 0 unspecified atom stereocenters. The Balaban J connectivity index is 1.39. The van der Waals surface area contributed by atoms with E-state index in [9.17, 15) is 13.2 Å². The maximum Gasteiger partial charge on any atom is 0.311 e. The maximum atomic E-state index is 12.8. The minimum atomic E-state index is -3.74. The van der Waals surface area contributed by atoms with Gasteiger partial charge in [-0.05, 0) is 55.0 Å². The van der Waals surface area contributed by atoms with Crippen molar-refractivity contribution in [3.8, 4) is 11.5 Å². The molecular formula is C28H33N3O5S. The summed E-state index contributed by atoms with van der Waals surface area (Å²) in [6.45, 7) is 4.08. The van der Waals surface area contributed by atoms with Gasteiger partial charge in [-0.25, -0.2) is 8.42 Å². The number of ether oxygens (including phenoxy) is 2. The number of pyridine rings is 1. The number of aromatic nitrogens is 1. The van der Waals surface area contributed by atoms with Crippen molar-refractivity contribution in [3.63, 3.8) is 0 Å². The van der Waals surface area contributed by atoms with Crippen molar-refractivity contribution in [3.05, 3.63) is 78.6 Å². The monoisotopic (exact) mass is 523 g/mol. The lowest BCUT2D eigenvalue weighted by Crippen LogP contribution is -2.34. The fraction of sp³-hybridized carbons (Fsp3) is 0.357. The van der Waals surface area contributed by atoms with Crippen molar-refractivity contribution in [1.82, 2.24) is 4.98 Å². The lowest BCUT2D eigenvalue weighted by atomic mass is 9.93. The van der Waals surface area contributed by atoms with Gasteiger partial charge < -0.3 is 14.4 Å². The number of piperidine rings is 1. The lowest BCUT2D eigenvalue weighted by molar-refractivity contribution is -0.134. The highest BCUT2D eigenvalue weighted by Crippen LogP contribution is 2.37. The van der Waals surface area contributed by atoms with E-state index in [2.05, 4.69) is 14.6 Å². The topological polar surface area (TPSA) is 97.8 Å². The van der Waals surface area contributed by atoms with E-state index in [4.69, 9.17) is 9.47 Å². The number of anilines is 2. The van der Waals surface area contributed by atoms with E-state index in [1.54, 1.807) is 49.4 Å². The van der Waals surface area contributed by atoms with E-state index < -0.39 is 16.0 Å². The SMILES string of the molecule is CCC(=O)Oc1c(NS(=O)(=O)Cc2ccccc2)cccc1OCCC1CCN(c2ccncc2)CC1. The molecule has 1 aromatic heterocycles. The van der Waals surface area contributed by atoms with Crippen LogP contribution in [0.25, 0.3) is 0 Å². The van der Waals surface area contributed by atoms with Gasteiger partial charge in [-0.3, -0.25) is 14.5 Å². The molecule has 8 nitrogen and oxygen atoms in total. The molecule has 0 bridgehead atoms. The summed E-state index contributed by atoms with van der Waals surface area (Å²) in [5, 5.41) is 0. The Labute approximate surface area is 218 Å². The Bertz CT molecular complexity index is 1260. The smallest absolute Gasteiger partial charge is 0.311 e. The minimum absolute atomic E-state index is 0.0958. The van der Waals surface area contributed by atoms with Gasteiger partial charge in [-0.2, -0.15) is 0 Å². The summed E-state index contributed by atoms with van der Waals surface area (Å²) in [4.78, 5) is 18.6. The molecule has 1 aliphatic heterocycles. The van der Waals surface area contributed by atoms with Crippen molar-refractivity contribution >= 4 is 27.4 Å². The zero-order valence-electron chi connectivity index (χ0n) is 21.0. The molecule has 1 N–H and O–H groups in total. The van der Waals surface area contributed by atoms with Gasteiger partial charge in [0.2, 0.25) is 10.0 Å². The second kappa shape index (κ2) is 12.6. The van der Waals surface area contributed by atoms with Crippen LogP contribution in [0.1, 0.15) is 38.2 Å². The number of carbonyl (C=O) groups excluding carboxylic acids is 1. The van der Waals surface area contributed by atoms with Gasteiger partial charge in [0.05, 0.1) is 18.0 Å². The summed E-state index contributed by atoms with van der Waals surface area (Å²) in [5.41, 5.74) is 2.03. The fourth-order valence-corrected chi connectivity index (χ4v) is 5.57. The van der Waals surface area contributed by atoms with Crippen molar-refractivity contribution < 1.29 is 22.7 Å². The highest BCUT2D eigenvalue weighted by atomic mass is 32.2. The Morgan fingerprint density at radius 2 is 1.76 bits per heavy atom. The second-order valence-corrected chi connectivity index (χ2v) is 10.8. The summed E-state index contributed by atoms with van der Waals surface area (Å²) < 4.78 is 39.8. The standard InChI is InChI=1S/C28H33N3O5S/c1-2-27(32)36-28-25(30-37(33,34)21-23-7-4-3-5-8-23)9-6-10-26(28)35-20-15-22-13-18-31(19-14-22)24-11-16-29-17-12-24/h3-12,16-17,22,30H,2,13-15,18-21H2,1H3. The van der Waals surface area contributed by atoms with Crippen LogP contribution < -0.4 is 19.1 Å². The molecule has 0 amide bonds. The molecule has 9 heteroatoms. The summed E-state index contributed by atoms with van der Waals surface area (Å²) >= 11 is 0. The fourth-order valence-electron chi connectivity index (χ4n) is 4.37. The van der Waals surface area contributed by atoms with Crippen LogP contribution in [0, 0.1) is 5.92 Å². The first-order chi connectivity index (χ1) is 17.9. The molecule has 0 radical (unpaired) electrons. The molecule has 0 atom stereocenters. The number of nitrogens with one attached hydrogen (secondary N) is 1. The maximum absolute atomic E-state index is 12.8. The highest BCUT2D eigenvalue weighted by molar-refractivity contribution is 7.91. The van der Waals surface area contributed by atoms with Gasteiger partial charge in [0.1, 0.15) is 0 Å². The van der Waals surface area contributed by atoms with Crippen LogP contribution in [0.15, 0.2) is 73.1 Å². The number of esters is 1. The van der Waals surface area contributed by atoms with E-state index in [1.165, 1.54) is 5.69 Å². The first kappa shape index (κ1) is 26.5. The third-order valence-corrected chi connectivity index (χ3v) is 7.62. The Kier molecular flexibility index (Phi) is 9.00. The Morgan fingerprint density at radius 3 is 2.46 bits per heavy atom. The molecule has 3 aromatic rings. The van der Waals surface area contributed by atoms with Gasteiger partial charge in [0.25, 0.3) is 0 Å². The van der Waals surface area contributed by atoms with Crippen LogP contribution in [0.3, 0.4) is 0 Å². The summed E-state index contributed by atoms with van der Waals surface area (Å²) in [5.74, 6) is 0.294. The van der Waals surface area contributed by atoms with Gasteiger partial charge in [-0.1, -0.05) is 43.3 Å². The van der Waals surface area contributed by atoms with Crippen LogP contribution in [-0.2, 0) is 20.6 Å². The first-order valence-corrected chi connectivity index (χ1v) is 14.2. The first-order valence-electron chi connectivity index (χ1n) is 12.6. The molecule has 37 heavy (non-hydrogen) atoms. The zero-order valence-corrected chi connectivity index (χ0v) is 21.8. The van der Waals surface area contributed by atoms with Crippen molar-refractivity contribution in [1.29, 1.82) is 0 Å². The third-order valence-electron chi connectivity index (χ3n) is 6.37. The summed E-state index contributed by atoms with van der Waals surface area (Å²) in [6, 6.07) is 17.9. The second-order valence-electron chi connectivity index (χ2n) is 9.08. The summed E-state index contributed by atoms with van der Waals surface area (Å²) in [7, 11) is -3.74. The molecule has 0 saturated carbocycles.